The maximum Gasteiger partial charge on any atom is 0.305 e. The van der Waals surface area contributed by atoms with Gasteiger partial charge in [0.15, 0.2) is 5.17 Å². The number of nitrogens with zero attached hydrogens (tertiary/aromatic N) is 2. The van der Waals surface area contributed by atoms with Gasteiger partial charge in [-0.2, -0.15) is 5.10 Å². The van der Waals surface area contributed by atoms with E-state index in [2.05, 4.69) is 15.5 Å². The number of hydrogen-bond acceptors (Lipinski definition) is 6. The molecule has 1 fully saturated rings. The summed E-state index contributed by atoms with van der Waals surface area (Å²) in [6, 6.07) is 15.1. The molecule has 0 radical (unpaired) electrons. The van der Waals surface area contributed by atoms with Crippen LogP contribution >= 0.6 is 11.8 Å². The molecule has 1 heterocycles. The topological polar surface area (TPSA) is 111 Å². The van der Waals surface area contributed by atoms with Crippen LogP contribution in [0.1, 0.15) is 17.5 Å². The average molecular weight is 383 g/mol. The van der Waals surface area contributed by atoms with E-state index in [0.717, 1.165) is 34.0 Å². The number of nitrogens with one attached hydrogen (secondary N) is 1. The minimum Gasteiger partial charge on any atom is -0.481 e. The van der Waals surface area contributed by atoms with Crippen LogP contribution in [0.5, 0.6) is 0 Å². The van der Waals surface area contributed by atoms with E-state index in [1.165, 1.54) is 0 Å². The molecule has 0 aromatic heterocycles. The number of thioether (sulfide) groups is 1. The highest BCUT2D eigenvalue weighted by atomic mass is 32.2. The normalized spacial score (nSPS) is 18.2. The van der Waals surface area contributed by atoms with Crippen LogP contribution < -0.4 is 5.32 Å². The van der Waals surface area contributed by atoms with Crippen molar-refractivity contribution in [3.63, 3.8) is 0 Å². The molecule has 1 unspecified atom stereocenters. The number of carbonyl (C=O) groups is 2. The molecule has 1 aliphatic rings. The zero-order valence-electron chi connectivity index (χ0n) is 14.2. The Balaban J connectivity index is 1.81. The van der Waals surface area contributed by atoms with Crippen LogP contribution in [0, 0.1) is 0 Å². The molecule has 7 nitrogen and oxygen atoms in total. The molecule has 3 rings (SSSR count). The Hall–Kier alpha value is -2.97. The van der Waals surface area contributed by atoms with Crippen LogP contribution in [0.3, 0.4) is 0 Å². The summed E-state index contributed by atoms with van der Waals surface area (Å²) < 4.78 is 0. The predicted octanol–water partition coefficient (Wildman–Crippen LogP) is 2.24. The summed E-state index contributed by atoms with van der Waals surface area (Å²) in [5.74, 6) is -1.42. The number of rotatable bonds is 6. The first-order valence-electron chi connectivity index (χ1n) is 8.17. The third kappa shape index (κ3) is 4.60. The summed E-state index contributed by atoms with van der Waals surface area (Å²) >= 11 is 1.05. The van der Waals surface area contributed by atoms with Gasteiger partial charge in [0.2, 0.25) is 5.91 Å². The Morgan fingerprint density at radius 1 is 1.15 bits per heavy atom. The third-order valence-corrected chi connectivity index (χ3v) is 4.99. The average Bonchev–Trinajstić information content (AvgIpc) is 3.01. The Labute approximate surface area is 159 Å². The molecule has 138 valence electrons. The van der Waals surface area contributed by atoms with Crippen LogP contribution in [-0.4, -0.2) is 38.7 Å². The summed E-state index contributed by atoms with van der Waals surface area (Å²) in [5.41, 5.74) is 3.41. The molecule has 2 aromatic carbocycles. The monoisotopic (exact) mass is 383 g/mol. The third-order valence-electron chi connectivity index (χ3n) is 3.92. The first kappa shape index (κ1) is 18.8. The number of hydrogen-bond donors (Lipinski definition) is 3. The van der Waals surface area contributed by atoms with Crippen LogP contribution in [0.15, 0.2) is 58.7 Å². The van der Waals surface area contributed by atoms with Crippen molar-refractivity contribution in [2.24, 2.45) is 10.2 Å². The molecule has 1 saturated heterocycles. The Bertz CT molecular complexity index is 927. The van der Waals surface area contributed by atoms with Crippen molar-refractivity contribution in [1.29, 1.82) is 0 Å². The molecule has 0 aliphatic carbocycles. The molecule has 1 atom stereocenters. The SMILES string of the molecule is O=C(O)CC1SC(=NN=Cc2ccccc2-c2ccccc2CO)NC1=O. The van der Waals surface area contributed by atoms with Gasteiger partial charge < -0.3 is 15.5 Å². The van der Waals surface area contributed by atoms with E-state index in [9.17, 15) is 14.7 Å². The van der Waals surface area contributed by atoms with Gasteiger partial charge in [0.05, 0.1) is 19.2 Å². The van der Waals surface area contributed by atoms with Gasteiger partial charge in [-0.05, 0) is 16.7 Å². The molecular weight excluding hydrogens is 366 g/mol. The summed E-state index contributed by atoms with van der Waals surface area (Å²) in [4.78, 5) is 22.5. The maximum atomic E-state index is 11.7. The molecule has 2 aromatic rings. The fourth-order valence-electron chi connectivity index (χ4n) is 2.66. The van der Waals surface area contributed by atoms with Crippen molar-refractivity contribution in [3.8, 4) is 11.1 Å². The number of aliphatic carboxylic acids is 1. The standard InChI is InChI=1S/C19H17N3O4S/c23-11-13-6-2-4-8-15(13)14-7-3-1-5-12(14)10-20-22-19-21-18(26)16(27-19)9-17(24)25/h1-8,10,16,23H,9,11H2,(H,24,25)(H,21,22,26). The van der Waals surface area contributed by atoms with E-state index in [-0.39, 0.29) is 24.1 Å². The van der Waals surface area contributed by atoms with E-state index >= 15 is 0 Å². The molecule has 27 heavy (non-hydrogen) atoms. The number of benzene rings is 2. The number of carboxylic acid groups (broad SMARTS) is 1. The van der Waals surface area contributed by atoms with Crippen molar-refractivity contribution in [2.75, 3.05) is 0 Å². The predicted molar refractivity (Wildman–Crippen MR) is 105 cm³/mol. The highest BCUT2D eigenvalue weighted by Gasteiger charge is 2.32. The van der Waals surface area contributed by atoms with Gasteiger partial charge in [-0.25, -0.2) is 0 Å². The lowest BCUT2D eigenvalue weighted by Crippen LogP contribution is -2.26. The maximum absolute atomic E-state index is 11.7. The van der Waals surface area contributed by atoms with E-state index in [1.807, 2.05) is 48.5 Å². The second-order valence-electron chi connectivity index (χ2n) is 5.75. The van der Waals surface area contributed by atoms with Gasteiger partial charge in [0.25, 0.3) is 0 Å². The zero-order valence-corrected chi connectivity index (χ0v) is 15.0. The number of amides is 1. The van der Waals surface area contributed by atoms with Gasteiger partial charge in [0, 0.05) is 5.56 Å². The summed E-state index contributed by atoms with van der Waals surface area (Å²) in [6.07, 6.45) is 1.30. The Morgan fingerprint density at radius 3 is 2.59 bits per heavy atom. The first-order chi connectivity index (χ1) is 13.1. The smallest absolute Gasteiger partial charge is 0.305 e. The molecule has 1 amide bonds. The lowest BCUT2D eigenvalue weighted by molar-refractivity contribution is -0.138. The summed E-state index contributed by atoms with van der Waals surface area (Å²) in [6.45, 7) is -0.0718. The first-order valence-corrected chi connectivity index (χ1v) is 9.05. The fourth-order valence-corrected chi connectivity index (χ4v) is 3.58. The molecular formula is C19H17N3O4S. The van der Waals surface area contributed by atoms with Gasteiger partial charge in [0.1, 0.15) is 5.25 Å². The lowest BCUT2D eigenvalue weighted by atomic mass is 9.96. The van der Waals surface area contributed by atoms with Crippen molar-refractivity contribution >= 4 is 35.0 Å². The highest BCUT2D eigenvalue weighted by molar-refractivity contribution is 8.15. The fraction of sp³-hybridized carbons (Fsp3) is 0.158. The van der Waals surface area contributed by atoms with Crippen molar-refractivity contribution in [2.45, 2.75) is 18.3 Å². The lowest BCUT2D eigenvalue weighted by Gasteiger charge is -2.09. The largest absolute Gasteiger partial charge is 0.481 e. The number of carboxylic acids is 1. The van der Waals surface area contributed by atoms with Crippen molar-refractivity contribution < 1.29 is 19.8 Å². The van der Waals surface area contributed by atoms with Crippen molar-refractivity contribution in [3.05, 3.63) is 59.7 Å². The number of aliphatic hydroxyl groups excluding tert-OH is 1. The molecule has 1 aliphatic heterocycles. The molecule has 8 heteroatoms. The summed E-state index contributed by atoms with van der Waals surface area (Å²) in [5, 5.41) is 28.5. The zero-order chi connectivity index (χ0) is 19.2. The van der Waals surface area contributed by atoms with Gasteiger partial charge in [-0.1, -0.05) is 60.3 Å². The van der Waals surface area contributed by atoms with E-state index in [0.29, 0.717) is 0 Å². The second-order valence-corrected chi connectivity index (χ2v) is 6.94. The van der Waals surface area contributed by atoms with Gasteiger partial charge in [-0.3, -0.25) is 9.59 Å². The van der Waals surface area contributed by atoms with Crippen molar-refractivity contribution in [1.82, 2.24) is 5.32 Å². The van der Waals surface area contributed by atoms with E-state index < -0.39 is 11.2 Å². The van der Waals surface area contributed by atoms with Crippen LogP contribution in [-0.2, 0) is 16.2 Å². The number of amidine groups is 1. The van der Waals surface area contributed by atoms with Crippen LogP contribution in [0.2, 0.25) is 0 Å². The Kier molecular flexibility index (Phi) is 6.00. The van der Waals surface area contributed by atoms with Crippen LogP contribution in [0.4, 0.5) is 0 Å². The van der Waals surface area contributed by atoms with Crippen LogP contribution in [0.25, 0.3) is 11.1 Å². The molecule has 3 N–H and O–H groups in total. The van der Waals surface area contributed by atoms with Gasteiger partial charge >= 0.3 is 5.97 Å². The molecule has 0 saturated carbocycles. The molecule has 0 bridgehead atoms. The van der Waals surface area contributed by atoms with E-state index in [4.69, 9.17) is 5.11 Å². The highest BCUT2D eigenvalue weighted by Crippen LogP contribution is 2.26. The number of carbonyl (C=O) groups excluding carboxylic acids is 1. The van der Waals surface area contributed by atoms with Gasteiger partial charge in [-0.15, -0.1) is 5.10 Å². The Morgan fingerprint density at radius 2 is 1.85 bits per heavy atom. The second kappa shape index (κ2) is 8.61. The minimum atomic E-state index is -1.04. The minimum absolute atomic E-state index is 0.0718. The van der Waals surface area contributed by atoms with E-state index in [1.54, 1.807) is 6.21 Å². The summed E-state index contributed by atoms with van der Waals surface area (Å²) in [7, 11) is 0. The number of aliphatic hydroxyl groups is 1. The quantitative estimate of drug-likeness (QED) is 0.523. The molecule has 0 spiro atoms.